The number of aliphatic hydroxyl groups excluding tert-OH is 1. The second kappa shape index (κ2) is 5.52. The second-order valence-electron chi connectivity index (χ2n) is 4.21. The molecule has 0 saturated heterocycles. The first-order valence-corrected chi connectivity index (χ1v) is 6.43. The average Bonchev–Trinajstić information content (AvgIpc) is 2.60. The highest BCUT2D eigenvalue weighted by Crippen LogP contribution is 2.31. The maximum absolute atomic E-state index is 12.0. The van der Waals surface area contributed by atoms with Crippen LogP contribution < -0.4 is 0 Å². The molecule has 1 aliphatic heterocycles. The molecule has 92 valence electrons. The Hall–Kier alpha value is -1.06. The summed E-state index contributed by atoms with van der Waals surface area (Å²) in [7, 11) is 0. The third-order valence-electron chi connectivity index (χ3n) is 3.06. The summed E-state index contributed by atoms with van der Waals surface area (Å²) >= 11 is 5.60. The van der Waals surface area contributed by atoms with Crippen LogP contribution in [0, 0.1) is 0 Å². The van der Waals surface area contributed by atoms with Crippen LogP contribution in [0.3, 0.4) is 0 Å². The maximum Gasteiger partial charge on any atom is 0.256 e. The van der Waals surface area contributed by atoms with Gasteiger partial charge in [-0.15, -0.1) is 11.6 Å². The lowest BCUT2D eigenvalue weighted by Crippen LogP contribution is -2.28. The molecule has 0 aromatic heterocycles. The van der Waals surface area contributed by atoms with E-state index in [9.17, 15) is 9.90 Å². The van der Waals surface area contributed by atoms with Gasteiger partial charge in [0.2, 0.25) is 0 Å². The molecule has 1 aliphatic rings. The number of benzene rings is 1. The lowest BCUT2D eigenvalue weighted by atomic mass is 10.1. The molecule has 17 heavy (non-hydrogen) atoms. The summed E-state index contributed by atoms with van der Waals surface area (Å²) in [6.07, 6.45) is 2.03. The quantitative estimate of drug-likeness (QED) is 0.647. The predicted octanol–water partition coefficient (Wildman–Crippen LogP) is 2.54. The van der Waals surface area contributed by atoms with Gasteiger partial charge in [-0.05, 0) is 18.9 Å². The van der Waals surface area contributed by atoms with E-state index in [0.717, 1.165) is 24.8 Å². The van der Waals surface area contributed by atoms with Crippen molar-refractivity contribution in [1.82, 2.24) is 4.90 Å². The minimum Gasteiger partial charge on any atom is -0.369 e. The Balaban J connectivity index is 2.00. The molecule has 1 atom stereocenters. The third-order valence-corrected chi connectivity index (χ3v) is 3.33. The number of rotatable bonds is 5. The number of nitrogens with zero attached hydrogens (tertiary/aromatic N) is 1. The number of hydrogen-bond donors (Lipinski definition) is 1. The van der Waals surface area contributed by atoms with Crippen LogP contribution in [0.5, 0.6) is 0 Å². The molecule has 4 heteroatoms. The largest absolute Gasteiger partial charge is 0.369 e. The van der Waals surface area contributed by atoms with Crippen LogP contribution >= 0.6 is 11.6 Å². The number of hydrogen-bond acceptors (Lipinski definition) is 2. The summed E-state index contributed by atoms with van der Waals surface area (Å²) in [5.41, 5.74) is 1.34. The van der Waals surface area contributed by atoms with Crippen molar-refractivity contribution < 1.29 is 9.90 Å². The monoisotopic (exact) mass is 253 g/mol. The average molecular weight is 254 g/mol. The zero-order valence-corrected chi connectivity index (χ0v) is 10.4. The number of unbranched alkanes of at least 4 members (excludes halogenated alkanes) is 2. The minimum atomic E-state index is -0.783. The maximum atomic E-state index is 12.0. The van der Waals surface area contributed by atoms with Gasteiger partial charge in [0.1, 0.15) is 0 Å². The molecule has 0 radical (unpaired) electrons. The van der Waals surface area contributed by atoms with Crippen molar-refractivity contribution >= 4 is 17.5 Å². The standard InChI is InChI=1S/C13H16ClNO2/c14-8-4-1-5-9-15-12(16)10-6-2-3-7-11(10)13(15)17/h2-3,6-7,12,16H,1,4-5,8-9H2. The Bertz CT molecular complexity index is 408. The fourth-order valence-corrected chi connectivity index (χ4v) is 2.32. The second-order valence-corrected chi connectivity index (χ2v) is 4.59. The SMILES string of the molecule is O=C1c2ccccc2C(O)N1CCCCCCl. The number of alkyl halides is 1. The normalized spacial score (nSPS) is 18.6. The summed E-state index contributed by atoms with van der Waals surface area (Å²) in [6.45, 7) is 0.589. The van der Waals surface area contributed by atoms with Gasteiger partial charge in [0.25, 0.3) is 5.91 Å². The van der Waals surface area contributed by atoms with Gasteiger partial charge >= 0.3 is 0 Å². The lowest BCUT2D eigenvalue weighted by molar-refractivity contribution is 0.0170. The highest BCUT2D eigenvalue weighted by Gasteiger charge is 2.34. The topological polar surface area (TPSA) is 40.5 Å². The molecule has 1 aromatic rings. The van der Waals surface area contributed by atoms with Crippen molar-refractivity contribution in [2.75, 3.05) is 12.4 Å². The minimum absolute atomic E-state index is 0.0704. The van der Waals surface area contributed by atoms with Crippen molar-refractivity contribution in [1.29, 1.82) is 0 Å². The molecular weight excluding hydrogens is 238 g/mol. The fraction of sp³-hybridized carbons (Fsp3) is 0.462. The van der Waals surface area contributed by atoms with E-state index in [0.29, 0.717) is 18.0 Å². The van der Waals surface area contributed by atoms with Crippen molar-refractivity contribution in [3.05, 3.63) is 35.4 Å². The van der Waals surface area contributed by atoms with E-state index in [4.69, 9.17) is 11.6 Å². The molecule has 1 aromatic carbocycles. The number of carbonyl (C=O) groups excluding carboxylic acids is 1. The third kappa shape index (κ3) is 2.45. The summed E-state index contributed by atoms with van der Waals surface area (Å²) in [4.78, 5) is 13.5. The number of carbonyl (C=O) groups is 1. The zero-order chi connectivity index (χ0) is 12.3. The van der Waals surface area contributed by atoms with Crippen LogP contribution in [0.2, 0.25) is 0 Å². The first kappa shape index (κ1) is 12.4. The van der Waals surface area contributed by atoms with Crippen LogP contribution in [-0.4, -0.2) is 28.3 Å². The summed E-state index contributed by atoms with van der Waals surface area (Å²) < 4.78 is 0. The van der Waals surface area contributed by atoms with Crippen molar-refractivity contribution in [2.24, 2.45) is 0 Å². The van der Waals surface area contributed by atoms with E-state index in [1.165, 1.54) is 4.90 Å². The van der Waals surface area contributed by atoms with Gasteiger partial charge in [0, 0.05) is 23.6 Å². The number of aliphatic hydroxyl groups is 1. The first-order chi connectivity index (χ1) is 8.25. The molecule has 1 unspecified atom stereocenters. The van der Waals surface area contributed by atoms with Gasteiger partial charge in [-0.2, -0.15) is 0 Å². The molecule has 3 nitrogen and oxygen atoms in total. The molecule has 0 fully saturated rings. The molecule has 2 rings (SSSR count). The molecule has 0 aliphatic carbocycles. The van der Waals surface area contributed by atoms with E-state index < -0.39 is 6.23 Å². The van der Waals surface area contributed by atoms with Crippen molar-refractivity contribution in [3.8, 4) is 0 Å². The molecular formula is C13H16ClNO2. The van der Waals surface area contributed by atoms with Gasteiger partial charge in [-0.25, -0.2) is 0 Å². The molecule has 1 amide bonds. The zero-order valence-electron chi connectivity index (χ0n) is 9.60. The van der Waals surface area contributed by atoms with E-state index in [-0.39, 0.29) is 5.91 Å². The molecule has 0 spiro atoms. The van der Waals surface area contributed by atoms with Crippen LogP contribution in [0.4, 0.5) is 0 Å². The van der Waals surface area contributed by atoms with Crippen LogP contribution in [0.25, 0.3) is 0 Å². The molecule has 1 heterocycles. The Morgan fingerprint density at radius 3 is 2.71 bits per heavy atom. The highest BCUT2D eigenvalue weighted by atomic mass is 35.5. The van der Waals surface area contributed by atoms with E-state index in [1.54, 1.807) is 12.1 Å². The summed E-state index contributed by atoms with van der Waals surface area (Å²) in [5, 5.41) is 10.0. The summed E-state index contributed by atoms with van der Waals surface area (Å²) in [6, 6.07) is 7.23. The van der Waals surface area contributed by atoms with E-state index in [1.807, 2.05) is 12.1 Å². The van der Waals surface area contributed by atoms with Gasteiger partial charge in [-0.3, -0.25) is 4.79 Å². The van der Waals surface area contributed by atoms with Gasteiger partial charge in [0.15, 0.2) is 6.23 Å². The fourth-order valence-electron chi connectivity index (χ4n) is 2.13. The van der Waals surface area contributed by atoms with Crippen LogP contribution in [0.15, 0.2) is 24.3 Å². The Kier molecular flexibility index (Phi) is 4.02. The molecule has 0 saturated carbocycles. The first-order valence-electron chi connectivity index (χ1n) is 5.89. The highest BCUT2D eigenvalue weighted by molar-refractivity contribution is 6.17. The van der Waals surface area contributed by atoms with E-state index >= 15 is 0 Å². The lowest BCUT2D eigenvalue weighted by Gasteiger charge is -2.20. The predicted molar refractivity (Wildman–Crippen MR) is 67.0 cm³/mol. The van der Waals surface area contributed by atoms with Gasteiger partial charge in [-0.1, -0.05) is 24.6 Å². The number of amides is 1. The van der Waals surface area contributed by atoms with Gasteiger partial charge in [0.05, 0.1) is 0 Å². The summed E-state index contributed by atoms with van der Waals surface area (Å²) in [5.74, 6) is 0.579. The van der Waals surface area contributed by atoms with Crippen molar-refractivity contribution in [3.63, 3.8) is 0 Å². The van der Waals surface area contributed by atoms with Gasteiger partial charge < -0.3 is 10.0 Å². The van der Waals surface area contributed by atoms with Crippen molar-refractivity contribution in [2.45, 2.75) is 25.5 Å². The van der Waals surface area contributed by atoms with Crippen LogP contribution in [0.1, 0.15) is 41.4 Å². The molecule has 0 bridgehead atoms. The van der Waals surface area contributed by atoms with E-state index in [2.05, 4.69) is 0 Å². The Labute approximate surface area is 106 Å². The smallest absolute Gasteiger partial charge is 0.256 e. The Morgan fingerprint density at radius 2 is 2.00 bits per heavy atom. The molecule has 1 N–H and O–H groups in total. The number of fused-ring (bicyclic) bond motifs is 1. The Morgan fingerprint density at radius 1 is 1.24 bits per heavy atom. The number of halogens is 1. The van der Waals surface area contributed by atoms with Crippen LogP contribution in [-0.2, 0) is 0 Å².